The first kappa shape index (κ1) is 11.4. The molecule has 4 unspecified atom stereocenters. The first-order valence-electron chi connectivity index (χ1n) is 6.28. The molecule has 0 aromatic heterocycles. The van der Waals surface area contributed by atoms with Gasteiger partial charge in [0.15, 0.2) is 0 Å². The van der Waals surface area contributed by atoms with Crippen LogP contribution in [0.25, 0.3) is 0 Å². The molecule has 1 aliphatic carbocycles. The lowest BCUT2D eigenvalue weighted by molar-refractivity contribution is -0.0510. The van der Waals surface area contributed by atoms with Crippen molar-refractivity contribution < 1.29 is 4.74 Å². The van der Waals surface area contributed by atoms with E-state index in [4.69, 9.17) is 10.5 Å². The Kier molecular flexibility index (Phi) is 3.65. The maximum atomic E-state index is 5.90. The van der Waals surface area contributed by atoms with Gasteiger partial charge in [0.25, 0.3) is 0 Å². The van der Waals surface area contributed by atoms with Crippen molar-refractivity contribution in [1.29, 1.82) is 0 Å². The van der Waals surface area contributed by atoms with Crippen LogP contribution in [0.3, 0.4) is 0 Å². The van der Waals surface area contributed by atoms with Crippen LogP contribution in [0.4, 0.5) is 0 Å². The molecule has 15 heavy (non-hydrogen) atoms. The van der Waals surface area contributed by atoms with Gasteiger partial charge in [0, 0.05) is 25.2 Å². The summed E-state index contributed by atoms with van der Waals surface area (Å²) in [5.41, 5.74) is 5.90. The van der Waals surface area contributed by atoms with Crippen LogP contribution < -0.4 is 5.73 Å². The Hall–Kier alpha value is -0.120. The minimum absolute atomic E-state index is 0.159. The normalized spacial score (nSPS) is 40.6. The van der Waals surface area contributed by atoms with Gasteiger partial charge < -0.3 is 10.5 Å². The summed E-state index contributed by atoms with van der Waals surface area (Å²) in [4.78, 5) is 2.60. The lowest BCUT2D eigenvalue weighted by Gasteiger charge is -2.38. The zero-order chi connectivity index (χ0) is 10.8. The van der Waals surface area contributed by atoms with Crippen LogP contribution >= 0.6 is 0 Å². The minimum atomic E-state index is 0.159. The molecule has 0 spiro atoms. The topological polar surface area (TPSA) is 38.5 Å². The maximum Gasteiger partial charge on any atom is 0.0850 e. The van der Waals surface area contributed by atoms with E-state index in [9.17, 15) is 0 Å². The molecular formula is C12H24N2O. The van der Waals surface area contributed by atoms with Crippen molar-refractivity contribution >= 4 is 0 Å². The smallest absolute Gasteiger partial charge is 0.0850 e. The molecule has 1 aliphatic heterocycles. The fourth-order valence-electron chi connectivity index (χ4n) is 2.85. The van der Waals surface area contributed by atoms with Crippen molar-refractivity contribution in [3.63, 3.8) is 0 Å². The Labute approximate surface area is 93.0 Å². The summed E-state index contributed by atoms with van der Waals surface area (Å²) in [6.07, 6.45) is 4.37. The van der Waals surface area contributed by atoms with E-state index in [0.29, 0.717) is 0 Å². The summed E-state index contributed by atoms with van der Waals surface area (Å²) in [6.45, 7) is 7.40. The molecule has 0 aromatic carbocycles. The molecule has 0 amide bonds. The van der Waals surface area contributed by atoms with Crippen molar-refractivity contribution in [1.82, 2.24) is 4.90 Å². The summed E-state index contributed by atoms with van der Waals surface area (Å²) < 4.78 is 5.69. The molecule has 2 N–H and O–H groups in total. The van der Waals surface area contributed by atoms with Gasteiger partial charge in [0.2, 0.25) is 0 Å². The van der Waals surface area contributed by atoms with Gasteiger partial charge in [-0.1, -0.05) is 6.92 Å². The minimum Gasteiger partial charge on any atom is -0.374 e. The third kappa shape index (κ3) is 2.71. The molecule has 3 heteroatoms. The molecular weight excluding hydrogens is 188 g/mol. The number of ether oxygens (including phenoxy) is 1. The van der Waals surface area contributed by atoms with Crippen molar-refractivity contribution in [2.75, 3.05) is 19.7 Å². The average molecular weight is 212 g/mol. The van der Waals surface area contributed by atoms with Crippen LogP contribution in [0.15, 0.2) is 0 Å². The first-order valence-corrected chi connectivity index (χ1v) is 6.28. The highest BCUT2D eigenvalue weighted by Gasteiger charge is 2.31. The number of rotatable bonds is 2. The molecule has 2 aliphatic rings. The van der Waals surface area contributed by atoms with Crippen LogP contribution in [0, 0.1) is 5.92 Å². The van der Waals surface area contributed by atoms with Crippen molar-refractivity contribution in [2.45, 2.75) is 51.3 Å². The largest absolute Gasteiger partial charge is 0.374 e. The van der Waals surface area contributed by atoms with Crippen LogP contribution in [-0.4, -0.2) is 42.8 Å². The molecule has 2 fully saturated rings. The van der Waals surface area contributed by atoms with E-state index in [2.05, 4.69) is 11.8 Å². The molecule has 3 nitrogen and oxygen atoms in total. The van der Waals surface area contributed by atoms with Crippen molar-refractivity contribution in [3.05, 3.63) is 0 Å². The highest BCUT2D eigenvalue weighted by molar-refractivity contribution is 4.86. The predicted molar refractivity (Wildman–Crippen MR) is 61.8 cm³/mol. The molecule has 1 saturated carbocycles. The molecule has 2 rings (SSSR count). The van der Waals surface area contributed by atoms with Gasteiger partial charge in [0.05, 0.1) is 12.7 Å². The second kappa shape index (κ2) is 4.81. The van der Waals surface area contributed by atoms with Gasteiger partial charge in [-0.2, -0.15) is 0 Å². The van der Waals surface area contributed by atoms with Gasteiger partial charge in [0.1, 0.15) is 0 Å². The molecule has 1 saturated heterocycles. The summed E-state index contributed by atoms with van der Waals surface area (Å²) in [6, 6.07) is 0.955. The third-order valence-electron chi connectivity index (χ3n) is 3.89. The van der Waals surface area contributed by atoms with Crippen LogP contribution in [-0.2, 0) is 4.74 Å². The Morgan fingerprint density at radius 2 is 2.20 bits per heavy atom. The highest BCUT2D eigenvalue weighted by atomic mass is 16.5. The van der Waals surface area contributed by atoms with Crippen LogP contribution in [0.1, 0.15) is 33.1 Å². The van der Waals surface area contributed by atoms with Gasteiger partial charge >= 0.3 is 0 Å². The highest BCUT2D eigenvalue weighted by Crippen LogP contribution is 2.29. The fourth-order valence-corrected chi connectivity index (χ4v) is 2.85. The van der Waals surface area contributed by atoms with E-state index in [-0.39, 0.29) is 12.1 Å². The Morgan fingerprint density at radius 3 is 2.80 bits per heavy atom. The quantitative estimate of drug-likeness (QED) is 0.748. The standard InChI is InChI=1S/C12H24N2O/c1-9-3-4-11(7-9)14-5-6-15-12(8-14)10(2)13/h9-12H,3-8,13H2,1-2H3. The summed E-state index contributed by atoms with van der Waals surface area (Å²) in [5, 5.41) is 0. The van der Waals surface area contributed by atoms with Crippen molar-refractivity contribution in [2.24, 2.45) is 11.7 Å². The summed E-state index contributed by atoms with van der Waals surface area (Å²) in [7, 11) is 0. The SMILES string of the molecule is CC1CCC(N2CCOC(C(C)N)C2)C1. The number of morpholine rings is 1. The van der Waals surface area contributed by atoms with E-state index >= 15 is 0 Å². The van der Waals surface area contributed by atoms with E-state index in [0.717, 1.165) is 31.7 Å². The Morgan fingerprint density at radius 1 is 1.40 bits per heavy atom. The lowest BCUT2D eigenvalue weighted by Crippen LogP contribution is -2.52. The van der Waals surface area contributed by atoms with E-state index < -0.39 is 0 Å². The second-order valence-corrected chi connectivity index (χ2v) is 5.34. The maximum absolute atomic E-state index is 5.90. The predicted octanol–water partition coefficient (Wildman–Crippen LogP) is 1.22. The lowest BCUT2D eigenvalue weighted by atomic mass is 10.1. The van der Waals surface area contributed by atoms with Crippen LogP contribution in [0.2, 0.25) is 0 Å². The molecule has 0 bridgehead atoms. The number of nitrogens with zero attached hydrogens (tertiary/aromatic N) is 1. The summed E-state index contributed by atoms with van der Waals surface area (Å²) >= 11 is 0. The first-order chi connectivity index (χ1) is 7.16. The van der Waals surface area contributed by atoms with Gasteiger partial charge in [-0.15, -0.1) is 0 Å². The average Bonchev–Trinajstić information content (AvgIpc) is 2.65. The molecule has 1 heterocycles. The second-order valence-electron chi connectivity index (χ2n) is 5.34. The van der Waals surface area contributed by atoms with Gasteiger partial charge in [-0.05, 0) is 32.1 Å². The van der Waals surface area contributed by atoms with E-state index in [1.54, 1.807) is 0 Å². The van der Waals surface area contributed by atoms with E-state index in [1.807, 2.05) is 6.92 Å². The fraction of sp³-hybridized carbons (Fsp3) is 1.00. The molecule has 0 radical (unpaired) electrons. The van der Waals surface area contributed by atoms with Gasteiger partial charge in [-0.25, -0.2) is 0 Å². The zero-order valence-corrected chi connectivity index (χ0v) is 9.98. The van der Waals surface area contributed by atoms with E-state index in [1.165, 1.54) is 19.3 Å². The Balaban J connectivity index is 1.87. The van der Waals surface area contributed by atoms with Crippen LogP contribution in [0.5, 0.6) is 0 Å². The Bertz CT molecular complexity index is 208. The number of hydrogen-bond donors (Lipinski definition) is 1. The molecule has 88 valence electrons. The van der Waals surface area contributed by atoms with Gasteiger partial charge in [-0.3, -0.25) is 4.90 Å². The number of hydrogen-bond acceptors (Lipinski definition) is 3. The monoisotopic (exact) mass is 212 g/mol. The number of nitrogens with two attached hydrogens (primary N) is 1. The molecule has 0 aromatic rings. The third-order valence-corrected chi connectivity index (χ3v) is 3.89. The molecule has 4 atom stereocenters. The van der Waals surface area contributed by atoms with Crippen molar-refractivity contribution in [3.8, 4) is 0 Å². The summed E-state index contributed by atoms with van der Waals surface area (Å²) in [5.74, 6) is 0.909. The zero-order valence-electron chi connectivity index (χ0n) is 9.98.